The molecule has 6 heterocycles. The van der Waals surface area contributed by atoms with E-state index in [1.54, 1.807) is 74.7 Å². The Bertz CT molecular complexity index is 5020. The van der Waals surface area contributed by atoms with Gasteiger partial charge in [-0.25, -0.2) is 44.4 Å². The number of benzene rings is 6. The summed E-state index contributed by atoms with van der Waals surface area (Å²) in [5.74, 6) is -1.42. The lowest BCUT2D eigenvalue weighted by atomic mass is 9.98. The third kappa shape index (κ3) is 10.4. The molecule has 0 amide bonds. The lowest BCUT2D eigenvalue weighted by Crippen LogP contribution is -2.25. The molecule has 0 fully saturated rings. The van der Waals surface area contributed by atoms with Gasteiger partial charge in [-0.1, -0.05) is 38.6 Å². The van der Waals surface area contributed by atoms with Crippen LogP contribution in [0.3, 0.4) is 0 Å². The molecule has 1 aliphatic carbocycles. The van der Waals surface area contributed by atoms with Crippen LogP contribution in [-0.4, -0.2) is 79.5 Å². The molecule has 21 heteroatoms. The molecule has 5 aromatic heterocycles. The van der Waals surface area contributed by atoms with Crippen molar-refractivity contribution < 1.29 is 52.8 Å². The molecule has 0 spiro atoms. The number of ketones is 2. The van der Waals surface area contributed by atoms with Crippen molar-refractivity contribution in [3.05, 3.63) is 197 Å². The fourth-order valence-electron chi connectivity index (χ4n) is 11.3. The molecule has 0 N–H and O–H groups in total. The van der Waals surface area contributed by atoms with Gasteiger partial charge >= 0.3 is 0 Å². The minimum absolute atomic E-state index is 0.173. The van der Waals surface area contributed by atoms with Gasteiger partial charge in [0.15, 0.2) is 11.6 Å². The largest absolute Gasteiger partial charge is 0.455 e. The van der Waals surface area contributed by atoms with Crippen LogP contribution in [0.1, 0.15) is 75.6 Å². The van der Waals surface area contributed by atoms with Gasteiger partial charge in [0.1, 0.15) is 51.6 Å². The van der Waals surface area contributed by atoms with E-state index in [2.05, 4.69) is 11.6 Å². The van der Waals surface area contributed by atoms with E-state index in [0.29, 0.717) is 109 Å². The van der Waals surface area contributed by atoms with Crippen molar-refractivity contribution in [2.45, 2.75) is 46.1 Å². The van der Waals surface area contributed by atoms with Gasteiger partial charge in [0, 0.05) is 102 Å². The normalized spacial score (nSPS) is 12.8. The molecule has 0 atom stereocenters. The number of carbonyl (C=O) groups is 2. The maximum Gasteiger partial charge on any atom is 0.232 e. The molecule has 2 aliphatic rings. The third-order valence-electron chi connectivity index (χ3n) is 15.9. The van der Waals surface area contributed by atoms with Gasteiger partial charge in [-0.2, -0.15) is 0 Å². The number of anilines is 2. The van der Waals surface area contributed by atoms with Gasteiger partial charge < -0.3 is 13.4 Å². The lowest BCUT2D eigenvalue weighted by molar-refractivity contribution is 0.0981. The number of hydrogen-bond donors (Lipinski definition) is 0. The van der Waals surface area contributed by atoms with Crippen molar-refractivity contribution in [3.63, 3.8) is 0 Å². The fraction of sp³-hybridized carbons (Fsp3) is 0.164. The average Bonchev–Trinajstić information content (AvgIpc) is 1.57. The number of furan rings is 2. The zero-order chi connectivity index (χ0) is 62.2. The number of hydrogen-bond acceptors (Lipinski definition) is 12. The standard InChI is InChI=1S/C34H27F2N3O4S.C33H26F2N4O4S/c1-5-27-33(21-14-20-8-7-9-26(36)23(20)15-21)38-28(18-37-27)24-16-25-31(17-29(24)39(3)44(4,41)42)43-34(32(25)30(40)6-2)19-10-12-22(35)13-11-19;1-4-29(40)31-22-14-21(27(38(2)44(3,41)42)16-30(22)43-33(31)18-8-10-19(34)11-9-18)25-17-36-24-12-13-39-26-7-5-6-23(35)20(26)15-28(39)32(24)37-25/h5,7-13,15-18H,1,6,14H2,2-4H3;5-11,14-17H,4,12-13H2,1-3H3. The highest BCUT2D eigenvalue weighted by molar-refractivity contribution is 7.92. The van der Waals surface area contributed by atoms with Crippen LogP contribution in [0.5, 0.6) is 0 Å². The molecule has 15 nitrogen and oxygen atoms in total. The summed E-state index contributed by atoms with van der Waals surface area (Å²) < 4.78 is 124. The van der Waals surface area contributed by atoms with Crippen molar-refractivity contribution in [3.8, 4) is 56.6 Å². The molecule has 0 saturated carbocycles. The summed E-state index contributed by atoms with van der Waals surface area (Å²) in [5.41, 5.74) is 9.96. The molecule has 6 aromatic carbocycles. The molecule has 11 aromatic rings. The first-order valence-electron chi connectivity index (χ1n) is 27.8. The zero-order valence-corrected chi connectivity index (χ0v) is 49.9. The molecule has 13 rings (SSSR count). The van der Waals surface area contributed by atoms with Crippen molar-refractivity contribution >= 4 is 93.6 Å². The number of halogens is 4. The van der Waals surface area contributed by atoms with E-state index in [4.69, 9.17) is 23.8 Å². The quantitative estimate of drug-likeness (QED) is 0.0740. The number of aryl methyl sites for hydroxylation is 2. The van der Waals surface area contributed by atoms with Crippen molar-refractivity contribution in [1.82, 2.24) is 24.5 Å². The average molecular weight is 1220 g/mol. The SMILES string of the molecule is C=Cc1ncc(-c2cc3c(C(=O)CC)c(-c4ccc(F)cc4)oc3cc2N(C)S(C)(=O)=O)nc1C1=Cc2c(F)cccc2C1.CCC(=O)c1c(-c2ccc(F)cc2)oc2cc(N(C)S(C)(=O)=O)c(-c3cnc4c(n3)-c3cc5c(F)cccc5n3CC4)cc12. The summed E-state index contributed by atoms with van der Waals surface area (Å²) in [6.45, 7) is 7.94. The highest BCUT2D eigenvalue weighted by atomic mass is 32.2. The molecule has 0 radical (unpaired) electrons. The van der Waals surface area contributed by atoms with Crippen LogP contribution in [0.15, 0.2) is 143 Å². The fourth-order valence-corrected chi connectivity index (χ4v) is 12.3. The Hall–Kier alpha value is -9.86. The highest BCUT2D eigenvalue weighted by Gasteiger charge is 2.31. The second-order valence-electron chi connectivity index (χ2n) is 21.4. The van der Waals surface area contributed by atoms with E-state index in [-0.39, 0.29) is 70.1 Å². The first-order chi connectivity index (χ1) is 42.0. The Labute approximate surface area is 503 Å². The van der Waals surface area contributed by atoms with Crippen LogP contribution in [0.2, 0.25) is 0 Å². The second kappa shape index (κ2) is 22.4. The summed E-state index contributed by atoms with van der Waals surface area (Å²) in [4.78, 5) is 45.8. The van der Waals surface area contributed by atoms with E-state index >= 15 is 0 Å². The topological polar surface area (TPSA) is 192 Å². The van der Waals surface area contributed by atoms with Crippen molar-refractivity contribution in [2.75, 3.05) is 35.2 Å². The van der Waals surface area contributed by atoms with Gasteiger partial charge in [-0.05, 0) is 108 Å². The molecular weight excluding hydrogens is 1170 g/mol. The lowest BCUT2D eigenvalue weighted by Gasteiger charge is -2.22. The first kappa shape index (κ1) is 58.5. The Morgan fingerprint density at radius 1 is 0.648 bits per heavy atom. The minimum atomic E-state index is -3.75. The van der Waals surface area contributed by atoms with Gasteiger partial charge in [0.05, 0.1) is 87.1 Å². The maximum absolute atomic E-state index is 14.7. The Balaban J connectivity index is 0.000000171. The number of allylic oxidation sites excluding steroid dienone is 1. The minimum Gasteiger partial charge on any atom is -0.455 e. The summed E-state index contributed by atoms with van der Waals surface area (Å²) >= 11 is 0. The van der Waals surface area contributed by atoms with Crippen LogP contribution in [0.25, 0.3) is 107 Å². The van der Waals surface area contributed by atoms with E-state index in [9.17, 15) is 44.0 Å². The van der Waals surface area contributed by atoms with Crippen LogP contribution < -0.4 is 8.61 Å². The summed E-state index contributed by atoms with van der Waals surface area (Å²) in [5, 5.41) is 1.39. The molecule has 0 saturated heterocycles. The Morgan fingerprint density at radius 3 is 1.67 bits per heavy atom. The van der Waals surface area contributed by atoms with Crippen LogP contribution in [0.4, 0.5) is 28.9 Å². The first-order valence-corrected chi connectivity index (χ1v) is 31.5. The van der Waals surface area contributed by atoms with Crippen LogP contribution in [-0.2, 0) is 39.4 Å². The van der Waals surface area contributed by atoms with Crippen LogP contribution >= 0.6 is 0 Å². The molecular formula is C67H53F4N7O8S2. The number of sulfonamides is 2. The smallest absolute Gasteiger partial charge is 0.232 e. The number of Topliss-reactive ketones (excluding diaryl/α,β-unsaturated/α-hetero) is 2. The maximum atomic E-state index is 14.7. The van der Waals surface area contributed by atoms with E-state index < -0.39 is 31.7 Å². The van der Waals surface area contributed by atoms with E-state index in [1.807, 2.05) is 16.7 Å². The van der Waals surface area contributed by atoms with Gasteiger partial charge in [0.2, 0.25) is 20.0 Å². The number of rotatable bonds is 14. The Kier molecular flexibility index (Phi) is 14.9. The number of carbonyl (C=O) groups excluding carboxylic acids is 2. The number of fused-ring (bicyclic) bond motifs is 8. The van der Waals surface area contributed by atoms with Gasteiger partial charge in [-0.3, -0.25) is 28.2 Å². The Morgan fingerprint density at radius 2 is 1.16 bits per heavy atom. The molecule has 444 valence electrons. The zero-order valence-electron chi connectivity index (χ0n) is 48.2. The predicted molar refractivity (Wildman–Crippen MR) is 334 cm³/mol. The number of aromatic nitrogens is 5. The second-order valence-corrected chi connectivity index (χ2v) is 25.4. The van der Waals surface area contributed by atoms with E-state index in [1.165, 1.54) is 81.0 Å². The predicted octanol–water partition coefficient (Wildman–Crippen LogP) is 14.6. The molecule has 0 bridgehead atoms. The third-order valence-corrected chi connectivity index (χ3v) is 18.3. The van der Waals surface area contributed by atoms with E-state index in [0.717, 1.165) is 43.5 Å². The highest BCUT2D eigenvalue weighted by Crippen LogP contribution is 2.45. The van der Waals surface area contributed by atoms with Crippen molar-refractivity contribution in [2.24, 2.45) is 0 Å². The monoisotopic (exact) mass is 1220 g/mol. The van der Waals surface area contributed by atoms with Crippen LogP contribution in [0, 0.1) is 23.3 Å². The summed E-state index contributed by atoms with van der Waals surface area (Å²) in [6.07, 6.45) is 9.92. The number of nitrogens with zero attached hydrogens (tertiary/aromatic N) is 7. The van der Waals surface area contributed by atoms with Gasteiger partial charge in [0.25, 0.3) is 0 Å². The molecule has 88 heavy (non-hydrogen) atoms. The summed E-state index contributed by atoms with van der Waals surface area (Å²) in [6, 6.07) is 29.3. The van der Waals surface area contributed by atoms with Gasteiger partial charge in [-0.15, -0.1) is 0 Å². The van der Waals surface area contributed by atoms with Crippen molar-refractivity contribution in [1.29, 1.82) is 0 Å². The summed E-state index contributed by atoms with van der Waals surface area (Å²) in [7, 11) is -4.65. The molecule has 0 unspecified atom stereocenters. The molecule has 1 aliphatic heterocycles.